The highest BCUT2D eigenvalue weighted by Crippen LogP contribution is 2.30. The predicted molar refractivity (Wildman–Crippen MR) is 58.9 cm³/mol. The Morgan fingerprint density at radius 3 is 2.92 bits per heavy atom. The lowest BCUT2D eigenvalue weighted by molar-refractivity contribution is 1.58. The van der Waals surface area contributed by atoms with Crippen LogP contribution in [0.1, 0.15) is 4.88 Å². The molecule has 2 rings (SSSR count). The Labute approximate surface area is 80.6 Å². The molecule has 0 aliphatic rings. The van der Waals surface area contributed by atoms with E-state index in [1.807, 2.05) is 12.1 Å². The maximum atomic E-state index is 5.81. The fourth-order valence-electron chi connectivity index (χ4n) is 1.21. The van der Waals surface area contributed by atoms with Gasteiger partial charge in [-0.25, -0.2) is 0 Å². The van der Waals surface area contributed by atoms with Crippen LogP contribution in [0.3, 0.4) is 0 Å². The maximum absolute atomic E-state index is 5.81. The first-order chi connectivity index (χ1) is 5.81. The number of hydrogen-bond acceptors (Lipinski definition) is 3. The van der Waals surface area contributed by atoms with Gasteiger partial charge in [-0.2, -0.15) is 12.6 Å². The third-order valence-corrected chi connectivity index (χ3v) is 3.46. The molecule has 0 aliphatic heterocycles. The van der Waals surface area contributed by atoms with Gasteiger partial charge in [0, 0.05) is 26.4 Å². The van der Waals surface area contributed by atoms with Crippen LogP contribution < -0.4 is 5.73 Å². The number of hydrogen-bond donors (Lipinski definition) is 2. The molecule has 2 aromatic rings. The van der Waals surface area contributed by atoms with Crippen LogP contribution in [0.15, 0.2) is 24.3 Å². The molecule has 0 atom stereocenters. The zero-order valence-electron chi connectivity index (χ0n) is 6.45. The molecule has 0 unspecified atom stereocenters. The van der Waals surface area contributed by atoms with Gasteiger partial charge in [-0.05, 0) is 18.2 Å². The van der Waals surface area contributed by atoms with Gasteiger partial charge in [0.25, 0.3) is 0 Å². The molecular weight excluding hydrogens is 186 g/mol. The van der Waals surface area contributed by atoms with Crippen molar-refractivity contribution < 1.29 is 0 Å². The third-order valence-electron chi connectivity index (χ3n) is 1.80. The summed E-state index contributed by atoms with van der Waals surface area (Å²) in [5, 5.41) is 1.16. The Hall–Kier alpha value is -0.670. The van der Waals surface area contributed by atoms with Gasteiger partial charge >= 0.3 is 0 Å². The fourth-order valence-corrected chi connectivity index (χ4v) is 2.46. The predicted octanol–water partition coefficient (Wildman–Crippen LogP) is 2.91. The minimum atomic E-state index is 0.790. The maximum Gasteiger partial charge on any atom is 0.0402 e. The molecular formula is C9H9NS2. The molecule has 0 bridgehead atoms. The van der Waals surface area contributed by atoms with Gasteiger partial charge in [0.1, 0.15) is 0 Å². The van der Waals surface area contributed by atoms with E-state index in [9.17, 15) is 0 Å². The Balaban J connectivity index is 2.74. The number of thiol groups is 1. The highest BCUT2D eigenvalue weighted by molar-refractivity contribution is 7.79. The Morgan fingerprint density at radius 1 is 1.42 bits per heavy atom. The van der Waals surface area contributed by atoms with Gasteiger partial charge in [0.05, 0.1) is 0 Å². The van der Waals surface area contributed by atoms with Crippen LogP contribution in [0, 0.1) is 0 Å². The van der Waals surface area contributed by atoms with Crippen molar-refractivity contribution in [3.05, 3.63) is 29.1 Å². The average molecular weight is 195 g/mol. The Morgan fingerprint density at radius 2 is 2.25 bits per heavy atom. The second-order valence-electron chi connectivity index (χ2n) is 2.63. The lowest BCUT2D eigenvalue weighted by Gasteiger charge is -1.92. The molecule has 1 nitrogen and oxygen atoms in total. The standard InChI is InChI=1S/C9H9NS2/c10-8-2-1-3-9-7(8)4-6(5-11)12-9/h1-4,11H,5,10H2. The van der Waals surface area contributed by atoms with Gasteiger partial charge in [0.15, 0.2) is 0 Å². The first kappa shape index (κ1) is 7.95. The molecule has 0 amide bonds. The molecule has 2 N–H and O–H groups in total. The van der Waals surface area contributed by atoms with E-state index in [1.165, 1.54) is 9.58 Å². The first-order valence-electron chi connectivity index (χ1n) is 3.69. The van der Waals surface area contributed by atoms with E-state index in [-0.39, 0.29) is 0 Å². The minimum Gasteiger partial charge on any atom is -0.398 e. The number of anilines is 1. The smallest absolute Gasteiger partial charge is 0.0402 e. The summed E-state index contributed by atoms with van der Waals surface area (Å²) < 4.78 is 1.25. The van der Waals surface area contributed by atoms with E-state index in [0.29, 0.717) is 0 Å². The Bertz CT molecular complexity index is 406. The molecule has 1 aromatic carbocycles. The van der Waals surface area contributed by atoms with Crippen molar-refractivity contribution in [3.8, 4) is 0 Å². The molecule has 3 heteroatoms. The van der Waals surface area contributed by atoms with Crippen LogP contribution in [-0.2, 0) is 5.75 Å². The second kappa shape index (κ2) is 2.99. The van der Waals surface area contributed by atoms with Crippen molar-refractivity contribution in [3.63, 3.8) is 0 Å². The first-order valence-corrected chi connectivity index (χ1v) is 5.14. The van der Waals surface area contributed by atoms with E-state index >= 15 is 0 Å². The second-order valence-corrected chi connectivity index (χ2v) is 4.11. The summed E-state index contributed by atoms with van der Waals surface area (Å²) in [5.74, 6) is 0.790. The molecule has 1 heterocycles. The molecule has 62 valence electrons. The van der Waals surface area contributed by atoms with Gasteiger partial charge in [-0.15, -0.1) is 11.3 Å². The van der Waals surface area contributed by atoms with Crippen molar-refractivity contribution in [1.29, 1.82) is 0 Å². The van der Waals surface area contributed by atoms with Crippen molar-refractivity contribution >= 4 is 39.7 Å². The van der Waals surface area contributed by atoms with Gasteiger partial charge < -0.3 is 5.73 Å². The fraction of sp³-hybridized carbons (Fsp3) is 0.111. The lowest BCUT2D eigenvalue weighted by Crippen LogP contribution is -1.82. The summed E-state index contributed by atoms with van der Waals surface area (Å²) in [6.45, 7) is 0. The number of nitrogen functional groups attached to an aromatic ring is 1. The van der Waals surface area contributed by atoms with Crippen molar-refractivity contribution in [2.24, 2.45) is 0 Å². The average Bonchev–Trinajstić information content (AvgIpc) is 2.49. The van der Waals surface area contributed by atoms with E-state index < -0.39 is 0 Å². The lowest BCUT2D eigenvalue weighted by atomic mass is 10.2. The summed E-state index contributed by atoms with van der Waals surface area (Å²) in [4.78, 5) is 1.27. The molecule has 0 aliphatic carbocycles. The molecule has 0 saturated heterocycles. The zero-order valence-corrected chi connectivity index (χ0v) is 8.16. The Kier molecular flexibility index (Phi) is 1.98. The third kappa shape index (κ3) is 1.19. The van der Waals surface area contributed by atoms with Gasteiger partial charge in [-0.3, -0.25) is 0 Å². The molecule has 0 spiro atoms. The number of benzene rings is 1. The quantitative estimate of drug-likeness (QED) is 0.531. The monoisotopic (exact) mass is 195 g/mol. The van der Waals surface area contributed by atoms with Crippen LogP contribution in [-0.4, -0.2) is 0 Å². The van der Waals surface area contributed by atoms with Crippen LogP contribution in [0.25, 0.3) is 10.1 Å². The summed E-state index contributed by atoms with van der Waals surface area (Å²) in [6.07, 6.45) is 0. The summed E-state index contributed by atoms with van der Waals surface area (Å²) in [5.41, 5.74) is 6.66. The molecule has 1 aromatic heterocycles. The summed E-state index contributed by atoms with van der Waals surface area (Å²) >= 11 is 5.98. The van der Waals surface area contributed by atoms with Crippen LogP contribution in [0.4, 0.5) is 5.69 Å². The van der Waals surface area contributed by atoms with Gasteiger partial charge in [0.2, 0.25) is 0 Å². The van der Waals surface area contributed by atoms with Gasteiger partial charge in [-0.1, -0.05) is 6.07 Å². The van der Waals surface area contributed by atoms with E-state index in [2.05, 4.69) is 24.8 Å². The van der Waals surface area contributed by atoms with Crippen LogP contribution >= 0.6 is 24.0 Å². The van der Waals surface area contributed by atoms with Crippen LogP contribution in [0.2, 0.25) is 0 Å². The van der Waals surface area contributed by atoms with Crippen LogP contribution in [0.5, 0.6) is 0 Å². The van der Waals surface area contributed by atoms with Crippen molar-refractivity contribution in [1.82, 2.24) is 0 Å². The molecule has 0 saturated carbocycles. The molecule has 12 heavy (non-hydrogen) atoms. The highest BCUT2D eigenvalue weighted by atomic mass is 32.1. The molecule has 0 fully saturated rings. The summed E-state index contributed by atoms with van der Waals surface area (Å²) in [6, 6.07) is 8.11. The number of fused-ring (bicyclic) bond motifs is 1. The highest BCUT2D eigenvalue weighted by Gasteiger charge is 2.01. The number of thiophene rings is 1. The normalized spacial score (nSPS) is 10.8. The minimum absolute atomic E-state index is 0.790. The number of nitrogens with two attached hydrogens (primary N) is 1. The topological polar surface area (TPSA) is 26.0 Å². The zero-order chi connectivity index (χ0) is 8.55. The SMILES string of the molecule is Nc1cccc2sc(CS)cc12. The largest absolute Gasteiger partial charge is 0.398 e. The molecule has 0 radical (unpaired) electrons. The summed E-state index contributed by atoms with van der Waals surface area (Å²) in [7, 11) is 0. The van der Waals surface area contributed by atoms with Crippen molar-refractivity contribution in [2.45, 2.75) is 5.75 Å². The van der Waals surface area contributed by atoms with E-state index in [1.54, 1.807) is 11.3 Å². The van der Waals surface area contributed by atoms with E-state index in [4.69, 9.17) is 5.73 Å². The van der Waals surface area contributed by atoms with Crippen molar-refractivity contribution in [2.75, 3.05) is 5.73 Å². The number of rotatable bonds is 1. The van der Waals surface area contributed by atoms with E-state index in [0.717, 1.165) is 16.8 Å².